The molecule has 4 rings (SSSR count). The highest BCUT2D eigenvalue weighted by Crippen LogP contribution is 2.33. The summed E-state index contributed by atoms with van der Waals surface area (Å²) in [5.74, 6) is 1.58. The van der Waals surface area contributed by atoms with E-state index in [1.54, 1.807) is 26.0 Å². The van der Waals surface area contributed by atoms with Gasteiger partial charge >= 0.3 is 0 Å². The highest BCUT2D eigenvalue weighted by molar-refractivity contribution is 8.16. The summed E-state index contributed by atoms with van der Waals surface area (Å²) in [6.45, 7) is 1.37. The molecule has 1 heterocycles. The number of amidine groups is 1. The summed E-state index contributed by atoms with van der Waals surface area (Å²) < 4.78 is 10.8. The Morgan fingerprint density at radius 2 is 1.86 bits per heavy atom. The molecule has 0 saturated heterocycles. The summed E-state index contributed by atoms with van der Waals surface area (Å²) in [4.78, 5) is 4.71. The van der Waals surface area contributed by atoms with Gasteiger partial charge in [0.25, 0.3) is 0 Å². The minimum Gasteiger partial charge on any atom is -0.497 e. The predicted molar refractivity (Wildman–Crippen MR) is 118 cm³/mol. The molecule has 0 unspecified atom stereocenters. The summed E-state index contributed by atoms with van der Waals surface area (Å²) in [6.07, 6.45) is 0. The van der Waals surface area contributed by atoms with Crippen molar-refractivity contribution in [2.75, 3.05) is 20.8 Å². The molecule has 0 amide bonds. The number of aliphatic imine (C=N–C) groups is 1. The Morgan fingerprint density at radius 1 is 1.00 bits per heavy atom. The topological polar surface area (TPSA) is 42.8 Å². The zero-order valence-corrected chi connectivity index (χ0v) is 16.8. The molecule has 1 aliphatic heterocycles. The van der Waals surface area contributed by atoms with Crippen LogP contribution in [0, 0.1) is 0 Å². The van der Waals surface area contributed by atoms with Crippen LogP contribution in [0.2, 0.25) is 0 Å². The zero-order chi connectivity index (χ0) is 19.3. The molecular weight excluding hydrogens is 368 g/mol. The van der Waals surface area contributed by atoms with E-state index in [0.29, 0.717) is 6.54 Å². The number of thioether (sulfide) groups is 1. The minimum absolute atomic E-state index is 0.619. The molecule has 3 aromatic rings. The van der Waals surface area contributed by atoms with Crippen molar-refractivity contribution in [1.82, 2.24) is 5.32 Å². The number of nitrogens with zero attached hydrogens (tertiary/aromatic N) is 1. The average molecular weight is 391 g/mol. The van der Waals surface area contributed by atoms with Crippen LogP contribution in [0.5, 0.6) is 11.5 Å². The molecule has 0 atom stereocenters. The third-order valence-corrected chi connectivity index (χ3v) is 5.67. The zero-order valence-electron chi connectivity index (χ0n) is 15.9. The Balaban J connectivity index is 1.44. The fourth-order valence-corrected chi connectivity index (χ4v) is 4.04. The average Bonchev–Trinajstić information content (AvgIpc) is 2.77. The molecular formula is C23H22N2O2S. The van der Waals surface area contributed by atoms with Crippen LogP contribution in [-0.2, 0) is 6.54 Å². The van der Waals surface area contributed by atoms with E-state index < -0.39 is 0 Å². The molecule has 0 fully saturated rings. The van der Waals surface area contributed by atoms with Crippen LogP contribution >= 0.6 is 11.8 Å². The molecule has 4 nitrogen and oxygen atoms in total. The van der Waals surface area contributed by atoms with E-state index in [1.807, 2.05) is 18.2 Å². The number of fused-ring (bicyclic) bond motifs is 1. The van der Waals surface area contributed by atoms with Crippen LogP contribution in [0.15, 0.2) is 71.1 Å². The van der Waals surface area contributed by atoms with Crippen molar-refractivity contribution >= 4 is 33.3 Å². The number of nitrogens with one attached hydrogen (secondary N) is 1. The van der Waals surface area contributed by atoms with Gasteiger partial charge in [-0.15, -0.1) is 0 Å². The summed E-state index contributed by atoms with van der Waals surface area (Å²) in [7, 11) is 3.33. The standard InChI is InChI=1S/C23H22N2O2S/c1-26-19-10-11-21(22(12-19)27-2)18-14-25-23(28-15-18)24-13-17-8-5-7-16-6-3-4-9-20(16)17/h3-12,15H,13-14H2,1-2H3,(H,24,25). The molecule has 3 aromatic carbocycles. The van der Waals surface area contributed by atoms with Gasteiger partial charge in [-0.05, 0) is 39.4 Å². The number of benzene rings is 3. The Hall–Kier alpha value is -2.92. The lowest BCUT2D eigenvalue weighted by atomic mass is 10.0. The summed E-state index contributed by atoms with van der Waals surface area (Å²) in [5, 5.41) is 9.08. The first-order chi connectivity index (χ1) is 13.8. The fourth-order valence-electron chi connectivity index (χ4n) is 3.29. The van der Waals surface area contributed by atoms with Crippen molar-refractivity contribution in [3.63, 3.8) is 0 Å². The lowest BCUT2D eigenvalue weighted by molar-refractivity contribution is 0.393. The van der Waals surface area contributed by atoms with Crippen molar-refractivity contribution in [3.8, 4) is 11.5 Å². The van der Waals surface area contributed by atoms with Gasteiger partial charge in [-0.25, -0.2) is 0 Å². The predicted octanol–water partition coefficient (Wildman–Crippen LogP) is 5.09. The first-order valence-electron chi connectivity index (χ1n) is 9.11. The van der Waals surface area contributed by atoms with E-state index in [-0.39, 0.29) is 0 Å². The molecule has 142 valence electrons. The molecule has 5 heteroatoms. The normalized spacial score (nSPS) is 13.6. The summed E-state index contributed by atoms with van der Waals surface area (Å²) in [5.41, 5.74) is 3.46. The van der Waals surface area contributed by atoms with Crippen LogP contribution in [0.25, 0.3) is 16.3 Å². The highest BCUT2D eigenvalue weighted by atomic mass is 32.2. The minimum atomic E-state index is 0.619. The van der Waals surface area contributed by atoms with E-state index in [0.717, 1.165) is 34.3 Å². The quantitative estimate of drug-likeness (QED) is 0.659. The Bertz CT molecular complexity index is 1050. The number of ether oxygens (including phenoxy) is 2. The van der Waals surface area contributed by atoms with Crippen molar-refractivity contribution < 1.29 is 9.47 Å². The van der Waals surface area contributed by atoms with Gasteiger partial charge in [0.05, 0.1) is 20.8 Å². The molecule has 0 saturated carbocycles. The maximum atomic E-state index is 5.52. The first kappa shape index (κ1) is 18.4. The van der Waals surface area contributed by atoms with Crippen LogP contribution in [0.4, 0.5) is 0 Å². The second-order valence-corrected chi connectivity index (χ2v) is 7.30. The maximum Gasteiger partial charge on any atom is 0.161 e. The number of hydrogen-bond acceptors (Lipinski definition) is 5. The lowest BCUT2D eigenvalue weighted by Crippen LogP contribution is -2.21. The summed E-state index contributed by atoms with van der Waals surface area (Å²) in [6, 6.07) is 20.7. The Kier molecular flexibility index (Phi) is 5.53. The second-order valence-electron chi connectivity index (χ2n) is 6.44. The molecule has 0 radical (unpaired) electrons. The largest absolute Gasteiger partial charge is 0.497 e. The monoisotopic (exact) mass is 390 g/mol. The molecule has 0 aromatic heterocycles. The Morgan fingerprint density at radius 3 is 2.64 bits per heavy atom. The van der Waals surface area contributed by atoms with Gasteiger partial charge in [-0.1, -0.05) is 54.2 Å². The maximum absolute atomic E-state index is 5.52. The molecule has 0 spiro atoms. The van der Waals surface area contributed by atoms with Gasteiger partial charge < -0.3 is 14.8 Å². The Labute approximate surface area is 169 Å². The van der Waals surface area contributed by atoms with Crippen LogP contribution in [-0.4, -0.2) is 25.9 Å². The number of methoxy groups -OCH3 is 2. The molecule has 0 aliphatic carbocycles. The molecule has 28 heavy (non-hydrogen) atoms. The van der Waals surface area contributed by atoms with Gasteiger partial charge in [-0.2, -0.15) is 0 Å². The second kappa shape index (κ2) is 8.40. The fraction of sp³-hybridized carbons (Fsp3) is 0.174. The van der Waals surface area contributed by atoms with Crippen LogP contribution in [0.1, 0.15) is 11.1 Å². The molecule has 1 aliphatic rings. The van der Waals surface area contributed by atoms with Crippen LogP contribution < -0.4 is 14.8 Å². The van der Waals surface area contributed by atoms with Gasteiger partial charge in [0.15, 0.2) is 5.17 Å². The van der Waals surface area contributed by atoms with Crippen molar-refractivity contribution in [2.24, 2.45) is 4.99 Å². The third-order valence-electron chi connectivity index (χ3n) is 4.77. The van der Waals surface area contributed by atoms with E-state index in [2.05, 4.69) is 53.2 Å². The van der Waals surface area contributed by atoms with Crippen molar-refractivity contribution in [3.05, 3.63) is 77.2 Å². The SMILES string of the molecule is COc1ccc(C2=CSC(NCc3cccc4ccccc34)=NC2)c(OC)c1. The van der Waals surface area contributed by atoms with Crippen molar-refractivity contribution in [1.29, 1.82) is 0 Å². The smallest absolute Gasteiger partial charge is 0.161 e. The summed E-state index contributed by atoms with van der Waals surface area (Å²) >= 11 is 1.61. The van der Waals surface area contributed by atoms with Gasteiger partial charge in [-0.3, -0.25) is 4.99 Å². The lowest BCUT2D eigenvalue weighted by Gasteiger charge is -2.17. The van der Waals surface area contributed by atoms with Gasteiger partial charge in [0.1, 0.15) is 11.5 Å². The molecule has 1 N–H and O–H groups in total. The van der Waals surface area contributed by atoms with Gasteiger partial charge in [0.2, 0.25) is 0 Å². The first-order valence-corrected chi connectivity index (χ1v) is 9.99. The number of hydrogen-bond donors (Lipinski definition) is 1. The molecule has 0 bridgehead atoms. The van der Waals surface area contributed by atoms with E-state index in [4.69, 9.17) is 14.5 Å². The highest BCUT2D eigenvalue weighted by Gasteiger charge is 2.14. The number of rotatable bonds is 5. The van der Waals surface area contributed by atoms with E-state index in [9.17, 15) is 0 Å². The van der Waals surface area contributed by atoms with Crippen LogP contribution in [0.3, 0.4) is 0 Å². The van der Waals surface area contributed by atoms with E-state index >= 15 is 0 Å². The third kappa shape index (κ3) is 3.85. The van der Waals surface area contributed by atoms with E-state index in [1.165, 1.54) is 16.3 Å². The van der Waals surface area contributed by atoms with Gasteiger partial charge in [0, 0.05) is 18.2 Å². The van der Waals surface area contributed by atoms with Crippen molar-refractivity contribution in [2.45, 2.75) is 6.54 Å².